The Morgan fingerprint density at radius 3 is 2.47 bits per heavy atom. The van der Waals surface area contributed by atoms with Crippen molar-refractivity contribution in [2.75, 3.05) is 5.32 Å². The minimum absolute atomic E-state index is 0.0493. The summed E-state index contributed by atoms with van der Waals surface area (Å²) in [7, 11) is -4.05. The van der Waals surface area contributed by atoms with Crippen molar-refractivity contribution in [2.24, 2.45) is 5.10 Å². The number of sulfonamides is 1. The number of nitrogens with zero attached hydrogens (tertiary/aromatic N) is 1. The molecule has 0 aliphatic rings. The zero-order chi connectivity index (χ0) is 22.7. The molecule has 1 aromatic heterocycles. The van der Waals surface area contributed by atoms with Crippen molar-refractivity contribution in [3.8, 4) is 0 Å². The van der Waals surface area contributed by atoms with Gasteiger partial charge in [0.2, 0.25) is 5.55 Å². The number of benzene rings is 3. The summed E-state index contributed by atoms with van der Waals surface area (Å²) in [6.45, 7) is 0. The Morgan fingerprint density at radius 2 is 1.72 bits per heavy atom. The maximum absolute atomic E-state index is 13.5. The van der Waals surface area contributed by atoms with E-state index in [1.165, 1.54) is 48.5 Å². The highest BCUT2D eigenvalue weighted by atomic mass is 35.5. The Bertz CT molecular complexity index is 1490. The molecule has 3 aromatic carbocycles. The minimum atomic E-state index is -4.05. The second-order valence-electron chi connectivity index (χ2n) is 6.63. The number of carbonyl (C=O) groups is 1. The Morgan fingerprint density at radius 1 is 0.969 bits per heavy atom. The third kappa shape index (κ3) is 4.79. The molecule has 0 unspecified atom stereocenters. The Labute approximate surface area is 187 Å². The maximum Gasteiger partial charge on any atom is 0.276 e. The number of hydrogen-bond donors (Lipinski definition) is 2. The van der Waals surface area contributed by atoms with Gasteiger partial charge < -0.3 is 9.73 Å². The number of amides is 1. The predicted molar refractivity (Wildman–Crippen MR) is 118 cm³/mol. The third-order valence-electron chi connectivity index (χ3n) is 4.37. The van der Waals surface area contributed by atoms with Gasteiger partial charge in [-0.2, -0.15) is 13.2 Å². The first-order chi connectivity index (χ1) is 15.3. The van der Waals surface area contributed by atoms with E-state index in [9.17, 15) is 17.6 Å². The van der Waals surface area contributed by atoms with Gasteiger partial charge in [-0.1, -0.05) is 35.9 Å². The number of nitrogens with one attached hydrogen (secondary N) is 2. The summed E-state index contributed by atoms with van der Waals surface area (Å²) < 4.78 is 44.3. The van der Waals surface area contributed by atoms with Gasteiger partial charge in [0.05, 0.1) is 4.90 Å². The first-order valence-electron chi connectivity index (χ1n) is 9.23. The first-order valence-corrected chi connectivity index (χ1v) is 11.1. The van der Waals surface area contributed by atoms with Crippen LogP contribution in [0.3, 0.4) is 0 Å². The van der Waals surface area contributed by atoms with Gasteiger partial charge >= 0.3 is 0 Å². The summed E-state index contributed by atoms with van der Waals surface area (Å²) in [5, 5.41) is 7.35. The van der Waals surface area contributed by atoms with E-state index in [1.807, 2.05) is 0 Å². The summed E-state index contributed by atoms with van der Waals surface area (Å²) in [6, 6.07) is 19.2. The van der Waals surface area contributed by atoms with Crippen LogP contribution in [-0.2, 0) is 10.0 Å². The van der Waals surface area contributed by atoms with Gasteiger partial charge in [-0.05, 0) is 54.6 Å². The zero-order valence-electron chi connectivity index (χ0n) is 16.2. The number of para-hydroxylation sites is 1. The standard InChI is InChI=1S/C22H15ClFN3O4S/c23-15-8-10-18(11-9-15)32(29,30)27-26-22-19(12-14-4-1-2-7-20(14)31-22)21(28)25-17-6-3-5-16(24)13-17/h1-13,27H,(H,25,28). The number of carbonyl (C=O) groups excluding carboxylic acids is 1. The molecule has 0 radical (unpaired) electrons. The summed E-state index contributed by atoms with van der Waals surface area (Å²) in [6.07, 6.45) is 0. The second-order valence-corrected chi connectivity index (χ2v) is 8.73. The molecule has 7 nitrogen and oxygen atoms in total. The average Bonchev–Trinajstić information content (AvgIpc) is 2.77. The molecule has 4 rings (SSSR count). The summed E-state index contributed by atoms with van der Waals surface area (Å²) >= 11 is 5.80. The lowest BCUT2D eigenvalue weighted by Gasteiger charge is -2.08. The van der Waals surface area contributed by atoms with Crippen LogP contribution in [0.2, 0.25) is 5.02 Å². The van der Waals surface area contributed by atoms with Gasteiger partial charge in [0, 0.05) is 16.1 Å². The van der Waals surface area contributed by atoms with E-state index in [0.717, 1.165) is 6.07 Å². The Balaban J connectivity index is 1.75. The molecule has 0 fully saturated rings. The summed E-state index contributed by atoms with van der Waals surface area (Å²) in [5.74, 6) is -1.18. The molecule has 0 spiro atoms. The summed E-state index contributed by atoms with van der Waals surface area (Å²) in [4.78, 5) is 14.9. The van der Waals surface area contributed by atoms with Gasteiger partial charge in [0.1, 0.15) is 17.0 Å². The van der Waals surface area contributed by atoms with E-state index in [0.29, 0.717) is 16.0 Å². The van der Waals surface area contributed by atoms with Crippen LogP contribution in [0.15, 0.2) is 93.3 Å². The number of rotatable bonds is 5. The molecule has 4 aromatic rings. The van der Waals surface area contributed by atoms with Gasteiger partial charge in [-0.25, -0.2) is 4.39 Å². The van der Waals surface area contributed by atoms with Crippen molar-refractivity contribution >= 4 is 44.2 Å². The predicted octanol–water partition coefficient (Wildman–Crippen LogP) is 4.27. The quantitative estimate of drug-likeness (QED) is 0.424. The molecule has 0 atom stereocenters. The topological polar surface area (TPSA) is 101 Å². The maximum atomic E-state index is 13.5. The van der Waals surface area contributed by atoms with Crippen LogP contribution in [0.5, 0.6) is 0 Å². The largest absolute Gasteiger partial charge is 0.436 e. The highest BCUT2D eigenvalue weighted by Gasteiger charge is 2.16. The normalized spacial score (nSPS) is 12.0. The van der Waals surface area contributed by atoms with Crippen molar-refractivity contribution in [2.45, 2.75) is 4.90 Å². The lowest BCUT2D eigenvalue weighted by molar-refractivity contribution is 0.102. The molecule has 1 heterocycles. The fourth-order valence-corrected chi connectivity index (χ4v) is 3.78. The van der Waals surface area contributed by atoms with Crippen LogP contribution in [0.4, 0.5) is 10.1 Å². The lowest BCUT2D eigenvalue weighted by Crippen LogP contribution is -2.27. The molecule has 10 heteroatoms. The summed E-state index contributed by atoms with van der Waals surface area (Å²) in [5.41, 5.74) is 0.289. The molecule has 162 valence electrons. The number of hydrogen-bond acceptors (Lipinski definition) is 5. The zero-order valence-corrected chi connectivity index (χ0v) is 17.8. The van der Waals surface area contributed by atoms with Crippen molar-refractivity contribution in [3.63, 3.8) is 0 Å². The van der Waals surface area contributed by atoms with Crippen molar-refractivity contribution in [1.82, 2.24) is 4.83 Å². The SMILES string of the molecule is O=C(Nc1cccc(F)c1)c1cc2ccccc2oc1=NNS(=O)(=O)c1ccc(Cl)cc1. The molecule has 32 heavy (non-hydrogen) atoms. The molecule has 1 amide bonds. The van der Waals surface area contributed by atoms with E-state index in [1.54, 1.807) is 24.3 Å². The lowest BCUT2D eigenvalue weighted by atomic mass is 10.1. The molecule has 0 saturated carbocycles. The van der Waals surface area contributed by atoms with Crippen LogP contribution in [-0.4, -0.2) is 14.3 Å². The monoisotopic (exact) mass is 471 g/mol. The number of anilines is 1. The van der Waals surface area contributed by atoms with Gasteiger partial charge in [0.25, 0.3) is 15.9 Å². The second kappa shape index (κ2) is 8.81. The van der Waals surface area contributed by atoms with Crippen molar-refractivity contribution in [3.05, 3.63) is 101 Å². The van der Waals surface area contributed by atoms with Crippen LogP contribution in [0.1, 0.15) is 10.4 Å². The minimum Gasteiger partial charge on any atom is -0.436 e. The highest BCUT2D eigenvalue weighted by molar-refractivity contribution is 7.89. The average molecular weight is 472 g/mol. The van der Waals surface area contributed by atoms with E-state index in [4.69, 9.17) is 16.0 Å². The Hall–Kier alpha value is -3.69. The number of halogens is 2. The van der Waals surface area contributed by atoms with Crippen LogP contribution in [0, 0.1) is 5.82 Å². The molecule has 0 saturated heterocycles. The molecule has 0 aliphatic heterocycles. The van der Waals surface area contributed by atoms with Crippen LogP contribution >= 0.6 is 11.6 Å². The highest BCUT2D eigenvalue weighted by Crippen LogP contribution is 2.16. The smallest absolute Gasteiger partial charge is 0.276 e. The fraction of sp³-hybridized carbons (Fsp3) is 0. The third-order valence-corrected chi connectivity index (χ3v) is 5.85. The van der Waals surface area contributed by atoms with E-state index < -0.39 is 21.7 Å². The first kappa shape index (κ1) is 21.5. The molecule has 2 N–H and O–H groups in total. The molecular formula is C22H15ClFN3O4S. The van der Waals surface area contributed by atoms with Crippen LogP contribution < -0.4 is 15.7 Å². The Kier molecular flexibility index (Phi) is 5.93. The number of fused-ring (bicyclic) bond motifs is 1. The van der Waals surface area contributed by atoms with E-state index in [-0.39, 0.29) is 21.7 Å². The van der Waals surface area contributed by atoms with Crippen molar-refractivity contribution < 1.29 is 22.0 Å². The van der Waals surface area contributed by atoms with Gasteiger partial charge in [-0.3, -0.25) is 4.79 Å². The van der Waals surface area contributed by atoms with Gasteiger partial charge in [0.15, 0.2) is 0 Å². The van der Waals surface area contributed by atoms with E-state index >= 15 is 0 Å². The molecular weight excluding hydrogens is 457 g/mol. The van der Waals surface area contributed by atoms with Crippen LogP contribution in [0.25, 0.3) is 11.0 Å². The van der Waals surface area contributed by atoms with E-state index in [2.05, 4.69) is 15.2 Å². The van der Waals surface area contributed by atoms with Crippen molar-refractivity contribution in [1.29, 1.82) is 0 Å². The molecule has 0 bridgehead atoms. The fourth-order valence-electron chi connectivity index (χ4n) is 2.85. The van der Waals surface area contributed by atoms with Gasteiger partial charge in [-0.15, -0.1) is 5.10 Å². The molecule has 0 aliphatic carbocycles.